The summed E-state index contributed by atoms with van der Waals surface area (Å²) in [5.74, 6) is -7.50. The predicted octanol–water partition coefficient (Wildman–Crippen LogP) is -1.34. The van der Waals surface area contributed by atoms with Crippen LogP contribution in [-0.2, 0) is 14.4 Å². The summed E-state index contributed by atoms with van der Waals surface area (Å²) in [5, 5.41) is 24.9. The molecule has 0 fully saturated rings. The van der Waals surface area contributed by atoms with Gasteiger partial charge in [0.15, 0.2) is 0 Å². The number of nitrogens with one attached hydrogen (secondary N) is 1. The number of carboxylic acid groups (broad SMARTS) is 3. The first-order chi connectivity index (χ1) is 6.22. The maximum atomic E-state index is 12.9. The standard InChI is InChI=1S/C5H4FNO7/c6-5(2(9)10,3(11)12)1(8)7-4(13)14/h(H,7,8)(H,9,10)(H,11,12)(H,13,14). The second-order valence-electron chi connectivity index (χ2n) is 2.03. The van der Waals surface area contributed by atoms with Crippen LogP contribution in [0.4, 0.5) is 9.18 Å². The molecule has 0 heterocycles. The number of alkyl halides is 1. The number of aliphatic carboxylic acids is 2. The molecule has 2 amide bonds. The van der Waals surface area contributed by atoms with Gasteiger partial charge in [-0.3, -0.25) is 10.1 Å². The van der Waals surface area contributed by atoms with E-state index in [9.17, 15) is 23.6 Å². The molecule has 14 heavy (non-hydrogen) atoms. The second-order valence-corrected chi connectivity index (χ2v) is 2.03. The van der Waals surface area contributed by atoms with Gasteiger partial charge in [0.05, 0.1) is 0 Å². The van der Waals surface area contributed by atoms with Crippen molar-refractivity contribution in [3.63, 3.8) is 0 Å². The van der Waals surface area contributed by atoms with Gasteiger partial charge < -0.3 is 15.3 Å². The van der Waals surface area contributed by atoms with Crippen LogP contribution in [0.15, 0.2) is 0 Å². The molecule has 0 atom stereocenters. The molecule has 0 saturated carbocycles. The molecule has 0 saturated heterocycles. The van der Waals surface area contributed by atoms with Crippen LogP contribution in [-0.4, -0.2) is 44.9 Å². The van der Waals surface area contributed by atoms with Crippen molar-refractivity contribution in [2.75, 3.05) is 0 Å². The zero-order valence-electron chi connectivity index (χ0n) is 6.35. The van der Waals surface area contributed by atoms with Gasteiger partial charge in [-0.1, -0.05) is 0 Å². The Hall–Kier alpha value is -2.19. The van der Waals surface area contributed by atoms with Crippen LogP contribution in [0.2, 0.25) is 0 Å². The van der Waals surface area contributed by atoms with E-state index >= 15 is 0 Å². The van der Waals surface area contributed by atoms with Crippen LogP contribution in [0, 0.1) is 0 Å². The largest absolute Gasteiger partial charge is 0.478 e. The molecule has 0 spiro atoms. The predicted molar refractivity (Wildman–Crippen MR) is 35.3 cm³/mol. The van der Waals surface area contributed by atoms with E-state index in [-0.39, 0.29) is 0 Å². The fourth-order valence-corrected chi connectivity index (χ4v) is 0.469. The summed E-state index contributed by atoms with van der Waals surface area (Å²) >= 11 is 0. The molecule has 0 aromatic rings. The minimum Gasteiger partial charge on any atom is -0.478 e. The van der Waals surface area contributed by atoms with Crippen molar-refractivity contribution in [3.8, 4) is 0 Å². The Kier molecular flexibility index (Phi) is 3.11. The summed E-state index contributed by atoms with van der Waals surface area (Å²) in [4.78, 5) is 40.5. The SMILES string of the molecule is O=C(O)NC(=O)C(F)(C(=O)O)C(=O)O. The molecule has 9 heteroatoms. The van der Waals surface area contributed by atoms with Gasteiger partial charge in [0.2, 0.25) is 0 Å². The molecule has 0 aliphatic rings. The van der Waals surface area contributed by atoms with Crippen molar-refractivity contribution in [2.45, 2.75) is 5.67 Å². The Morgan fingerprint density at radius 2 is 1.36 bits per heavy atom. The van der Waals surface area contributed by atoms with Crippen molar-refractivity contribution in [1.29, 1.82) is 0 Å². The van der Waals surface area contributed by atoms with E-state index in [0.29, 0.717) is 0 Å². The summed E-state index contributed by atoms with van der Waals surface area (Å²) in [7, 11) is 0. The van der Waals surface area contributed by atoms with Gasteiger partial charge in [-0.2, -0.15) is 0 Å². The number of halogens is 1. The van der Waals surface area contributed by atoms with Crippen molar-refractivity contribution < 1.29 is 38.9 Å². The third-order valence-electron chi connectivity index (χ3n) is 1.12. The zero-order valence-corrected chi connectivity index (χ0v) is 6.35. The summed E-state index contributed by atoms with van der Waals surface area (Å²) in [6, 6.07) is 0. The number of carboxylic acids is 2. The third kappa shape index (κ3) is 1.94. The van der Waals surface area contributed by atoms with Gasteiger partial charge >= 0.3 is 23.7 Å². The lowest BCUT2D eigenvalue weighted by atomic mass is 10.1. The van der Waals surface area contributed by atoms with Crippen molar-refractivity contribution >= 4 is 23.9 Å². The Morgan fingerprint density at radius 3 is 1.57 bits per heavy atom. The van der Waals surface area contributed by atoms with Gasteiger partial charge in [-0.15, -0.1) is 0 Å². The van der Waals surface area contributed by atoms with Gasteiger partial charge in [0, 0.05) is 0 Å². The quantitative estimate of drug-likeness (QED) is 0.421. The fraction of sp³-hybridized carbons (Fsp3) is 0.200. The van der Waals surface area contributed by atoms with Crippen molar-refractivity contribution in [1.82, 2.24) is 5.32 Å². The molecule has 0 aromatic heterocycles. The Labute approximate surface area is 74.9 Å². The fourth-order valence-electron chi connectivity index (χ4n) is 0.469. The lowest BCUT2D eigenvalue weighted by Gasteiger charge is -2.12. The Bertz CT molecular complexity index is 297. The van der Waals surface area contributed by atoms with Crippen LogP contribution in [0.1, 0.15) is 0 Å². The highest BCUT2D eigenvalue weighted by atomic mass is 19.1. The molecule has 78 valence electrons. The molecule has 0 aliphatic heterocycles. The molecule has 0 rings (SSSR count). The van der Waals surface area contributed by atoms with E-state index in [1.807, 2.05) is 0 Å². The molecular weight excluding hydrogens is 205 g/mol. The smallest absolute Gasteiger partial charge is 0.411 e. The van der Waals surface area contributed by atoms with E-state index < -0.39 is 29.6 Å². The summed E-state index contributed by atoms with van der Waals surface area (Å²) in [6.45, 7) is 0. The van der Waals surface area contributed by atoms with Crippen LogP contribution in [0.3, 0.4) is 0 Å². The van der Waals surface area contributed by atoms with Crippen molar-refractivity contribution in [2.24, 2.45) is 0 Å². The molecule has 4 N–H and O–H groups in total. The summed E-state index contributed by atoms with van der Waals surface area (Å²) < 4.78 is 12.9. The third-order valence-corrected chi connectivity index (χ3v) is 1.12. The summed E-state index contributed by atoms with van der Waals surface area (Å²) in [5.41, 5.74) is -4.31. The monoisotopic (exact) mass is 209 g/mol. The highest BCUT2D eigenvalue weighted by molar-refractivity contribution is 6.24. The topological polar surface area (TPSA) is 141 Å². The molecule has 0 bridgehead atoms. The van der Waals surface area contributed by atoms with E-state index in [2.05, 4.69) is 0 Å². The Morgan fingerprint density at radius 1 is 1.00 bits per heavy atom. The average Bonchev–Trinajstić information content (AvgIpc) is 2.00. The number of carbonyl (C=O) groups excluding carboxylic acids is 1. The van der Waals surface area contributed by atoms with Crippen LogP contribution in [0.5, 0.6) is 0 Å². The van der Waals surface area contributed by atoms with E-state index in [4.69, 9.17) is 15.3 Å². The molecule has 0 radical (unpaired) electrons. The van der Waals surface area contributed by atoms with Crippen LogP contribution < -0.4 is 5.32 Å². The van der Waals surface area contributed by atoms with E-state index in [1.165, 1.54) is 0 Å². The van der Waals surface area contributed by atoms with Gasteiger partial charge in [0.1, 0.15) is 0 Å². The number of hydrogen-bond acceptors (Lipinski definition) is 4. The van der Waals surface area contributed by atoms with Gasteiger partial charge in [-0.25, -0.2) is 18.8 Å². The Balaban J connectivity index is 5.03. The minimum absolute atomic E-state index is 0.787. The number of carbonyl (C=O) groups is 4. The molecule has 8 nitrogen and oxygen atoms in total. The molecular formula is C5H4FNO7. The number of rotatable bonds is 3. The van der Waals surface area contributed by atoms with Crippen LogP contribution in [0.25, 0.3) is 0 Å². The van der Waals surface area contributed by atoms with Gasteiger partial charge in [0.25, 0.3) is 5.91 Å². The zero-order chi connectivity index (χ0) is 11.5. The molecule has 0 aromatic carbocycles. The maximum Gasteiger partial charge on any atom is 0.411 e. The minimum atomic E-state index is -4.31. The lowest BCUT2D eigenvalue weighted by molar-refractivity contribution is -0.170. The van der Waals surface area contributed by atoms with Crippen molar-refractivity contribution in [3.05, 3.63) is 0 Å². The first kappa shape index (κ1) is 11.8. The lowest BCUT2D eigenvalue weighted by Crippen LogP contribution is -2.56. The highest BCUT2D eigenvalue weighted by Crippen LogP contribution is 2.12. The number of amides is 2. The van der Waals surface area contributed by atoms with Gasteiger partial charge in [-0.05, 0) is 0 Å². The van der Waals surface area contributed by atoms with E-state index in [0.717, 1.165) is 5.32 Å². The highest BCUT2D eigenvalue weighted by Gasteiger charge is 2.55. The second kappa shape index (κ2) is 3.68. The average molecular weight is 209 g/mol. The molecule has 0 aliphatic carbocycles. The van der Waals surface area contributed by atoms with Crippen LogP contribution >= 0.6 is 0 Å². The normalized spacial score (nSPS) is 10.4. The molecule has 0 unspecified atom stereocenters. The number of hydrogen-bond donors (Lipinski definition) is 4. The first-order valence-corrected chi connectivity index (χ1v) is 2.93. The maximum absolute atomic E-state index is 12.9. The number of imide groups is 1. The first-order valence-electron chi connectivity index (χ1n) is 2.93. The van der Waals surface area contributed by atoms with E-state index in [1.54, 1.807) is 0 Å². The summed E-state index contributed by atoms with van der Waals surface area (Å²) in [6.07, 6.45) is -2.06.